The molecule has 25 heavy (non-hydrogen) atoms. The highest BCUT2D eigenvalue weighted by molar-refractivity contribution is 7.21. The molecule has 0 aliphatic carbocycles. The van der Waals surface area contributed by atoms with Crippen LogP contribution < -0.4 is 15.4 Å². The van der Waals surface area contributed by atoms with Gasteiger partial charge in [0.05, 0.1) is 17.1 Å². The number of hydrogen-bond acceptors (Lipinski definition) is 4. The van der Waals surface area contributed by atoms with Crippen molar-refractivity contribution in [2.75, 3.05) is 11.4 Å². The number of rotatable bonds is 2. The molecule has 126 valence electrons. The molecule has 5 nitrogen and oxygen atoms in total. The number of anilines is 1. The van der Waals surface area contributed by atoms with Gasteiger partial charge in [-0.3, -0.25) is 14.5 Å². The molecule has 2 N–H and O–H groups in total. The molecule has 2 aromatic carbocycles. The van der Waals surface area contributed by atoms with Crippen LogP contribution in [0.3, 0.4) is 0 Å². The van der Waals surface area contributed by atoms with Gasteiger partial charge in [-0.1, -0.05) is 29.8 Å². The predicted octanol–water partition coefficient (Wildman–Crippen LogP) is 3.45. The van der Waals surface area contributed by atoms with E-state index in [0.29, 0.717) is 21.3 Å². The molecule has 0 saturated carbocycles. The number of nitrogens with zero attached hydrogens (tertiary/aromatic N) is 1. The summed E-state index contributed by atoms with van der Waals surface area (Å²) in [5.41, 5.74) is 6.01. The fraction of sp³-hybridized carbons (Fsp3) is 0.111. The first-order chi connectivity index (χ1) is 12.0. The van der Waals surface area contributed by atoms with Crippen LogP contribution in [-0.2, 0) is 4.79 Å². The van der Waals surface area contributed by atoms with Gasteiger partial charge in [0.1, 0.15) is 5.75 Å². The number of carbonyl (C=O) groups is 2. The molecule has 1 aromatic heterocycles. The number of ether oxygens (including phenoxy) is 1. The smallest absolute Gasteiger partial charge is 0.268 e. The van der Waals surface area contributed by atoms with E-state index >= 15 is 0 Å². The van der Waals surface area contributed by atoms with E-state index in [1.54, 1.807) is 30.3 Å². The first-order valence-electron chi connectivity index (χ1n) is 7.59. The lowest BCUT2D eigenvalue weighted by Gasteiger charge is -2.33. The molecule has 2 heterocycles. The van der Waals surface area contributed by atoms with Crippen molar-refractivity contribution in [2.24, 2.45) is 5.73 Å². The van der Waals surface area contributed by atoms with Crippen molar-refractivity contribution in [3.8, 4) is 5.75 Å². The van der Waals surface area contributed by atoms with Crippen LogP contribution in [0.5, 0.6) is 5.75 Å². The number of amides is 2. The minimum absolute atomic E-state index is 0.0765. The van der Waals surface area contributed by atoms with E-state index in [0.717, 1.165) is 10.1 Å². The quantitative estimate of drug-likeness (QED) is 0.748. The van der Waals surface area contributed by atoms with Gasteiger partial charge in [0.25, 0.3) is 11.8 Å². The number of primary amides is 1. The Balaban J connectivity index is 1.77. The number of nitrogens with two attached hydrogens (primary N) is 1. The van der Waals surface area contributed by atoms with Crippen LogP contribution in [-0.4, -0.2) is 24.5 Å². The van der Waals surface area contributed by atoms with Crippen molar-refractivity contribution in [1.29, 1.82) is 0 Å². The van der Waals surface area contributed by atoms with Crippen LogP contribution in [0.4, 0.5) is 5.69 Å². The average Bonchev–Trinajstić information content (AvgIpc) is 3.06. The maximum absolute atomic E-state index is 13.1. The fourth-order valence-corrected chi connectivity index (χ4v) is 4.16. The Morgan fingerprint density at radius 1 is 1.20 bits per heavy atom. The second-order valence-corrected chi connectivity index (χ2v) is 7.15. The van der Waals surface area contributed by atoms with E-state index in [-0.39, 0.29) is 12.5 Å². The maximum Gasteiger partial charge on any atom is 0.268 e. The van der Waals surface area contributed by atoms with E-state index < -0.39 is 12.0 Å². The highest BCUT2D eigenvalue weighted by Gasteiger charge is 2.33. The number of carbonyl (C=O) groups excluding carboxylic acids is 2. The van der Waals surface area contributed by atoms with Crippen molar-refractivity contribution in [3.63, 3.8) is 0 Å². The van der Waals surface area contributed by atoms with Gasteiger partial charge < -0.3 is 10.5 Å². The van der Waals surface area contributed by atoms with Crippen LogP contribution in [0.15, 0.2) is 48.5 Å². The standard InChI is InChI=1S/C18H13ClN2O3S/c19-11-4-3-7-15-10(11)8-16(25-15)18(23)21-9-14(17(20)22)24-13-6-2-1-5-12(13)21/h1-8,14H,9H2,(H2,20,22). The summed E-state index contributed by atoms with van der Waals surface area (Å²) in [6.07, 6.45) is -0.878. The Bertz CT molecular complexity index is 1000. The summed E-state index contributed by atoms with van der Waals surface area (Å²) >= 11 is 7.57. The molecular weight excluding hydrogens is 360 g/mol. The van der Waals surface area contributed by atoms with Gasteiger partial charge in [-0.05, 0) is 30.3 Å². The highest BCUT2D eigenvalue weighted by Crippen LogP contribution is 2.37. The van der Waals surface area contributed by atoms with Gasteiger partial charge in [-0.15, -0.1) is 11.3 Å². The van der Waals surface area contributed by atoms with Gasteiger partial charge in [0, 0.05) is 15.1 Å². The summed E-state index contributed by atoms with van der Waals surface area (Å²) in [4.78, 5) is 26.8. The molecule has 2 amide bonds. The lowest BCUT2D eigenvalue weighted by molar-refractivity contribution is -0.124. The first kappa shape index (κ1) is 15.9. The van der Waals surface area contributed by atoms with Gasteiger partial charge >= 0.3 is 0 Å². The summed E-state index contributed by atoms with van der Waals surface area (Å²) in [6.45, 7) is 0.0765. The van der Waals surface area contributed by atoms with Crippen LogP contribution in [0.25, 0.3) is 10.1 Å². The average molecular weight is 373 g/mol. The van der Waals surface area contributed by atoms with Crippen LogP contribution in [0.1, 0.15) is 9.67 Å². The third-order valence-corrected chi connectivity index (χ3v) is 5.47. The number of benzene rings is 2. The number of fused-ring (bicyclic) bond motifs is 2. The molecule has 1 atom stereocenters. The summed E-state index contributed by atoms with van der Waals surface area (Å²) < 4.78 is 6.54. The van der Waals surface area contributed by atoms with Crippen molar-refractivity contribution >= 4 is 50.5 Å². The Labute approximate surface area is 152 Å². The number of halogens is 1. The monoisotopic (exact) mass is 372 g/mol. The Morgan fingerprint density at radius 2 is 2.00 bits per heavy atom. The zero-order valence-corrected chi connectivity index (χ0v) is 14.5. The number of thiophene rings is 1. The predicted molar refractivity (Wildman–Crippen MR) is 98.6 cm³/mol. The highest BCUT2D eigenvalue weighted by atomic mass is 35.5. The number of hydrogen-bond donors (Lipinski definition) is 1. The molecule has 0 bridgehead atoms. The lowest BCUT2D eigenvalue weighted by Crippen LogP contribution is -2.49. The molecule has 1 aliphatic rings. The van der Waals surface area contributed by atoms with Gasteiger partial charge in [-0.25, -0.2) is 0 Å². The molecule has 3 aromatic rings. The largest absolute Gasteiger partial charge is 0.477 e. The number of para-hydroxylation sites is 2. The molecule has 7 heteroatoms. The summed E-state index contributed by atoms with van der Waals surface area (Å²) in [5, 5.41) is 1.44. The van der Waals surface area contributed by atoms with Gasteiger partial charge in [0.2, 0.25) is 0 Å². The SMILES string of the molecule is NC(=O)C1CN(C(=O)c2cc3c(Cl)cccc3s2)c2ccccc2O1. The molecule has 0 saturated heterocycles. The Hall–Kier alpha value is -2.57. The van der Waals surface area contributed by atoms with Crippen molar-refractivity contribution in [3.05, 3.63) is 58.4 Å². The van der Waals surface area contributed by atoms with E-state index in [4.69, 9.17) is 22.1 Å². The molecular formula is C18H13ClN2O3S. The van der Waals surface area contributed by atoms with Crippen molar-refractivity contribution in [2.45, 2.75) is 6.10 Å². The Morgan fingerprint density at radius 3 is 2.76 bits per heavy atom. The van der Waals surface area contributed by atoms with E-state index in [1.165, 1.54) is 16.2 Å². The van der Waals surface area contributed by atoms with Gasteiger partial charge in [0.15, 0.2) is 6.10 Å². The zero-order valence-electron chi connectivity index (χ0n) is 12.9. The third-order valence-electron chi connectivity index (χ3n) is 4.06. The van der Waals surface area contributed by atoms with E-state index in [1.807, 2.05) is 18.2 Å². The van der Waals surface area contributed by atoms with Crippen molar-refractivity contribution < 1.29 is 14.3 Å². The fourth-order valence-electron chi connectivity index (χ4n) is 2.84. The summed E-state index contributed by atoms with van der Waals surface area (Å²) in [6, 6.07) is 14.4. The summed E-state index contributed by atoms with van der Waals surface area (Å²) in [5.74, 6) is -0.351. The minimum Gasteiger partial charge on any atom is -0.477 e. The van der Waals surface area contributed by atoms with Crippen LogP contribution >= 0.6 is 22.9 Å². The van der Waals surface area contributed by atoms with Crippen molar-refractivity contribution in [1.82, 2.24) is 0 Å². The second kappa shape index (κ2) is 6.06. The molecule has 0 fully saturated rings. The van der Waals surface area contributed by atoms with Gasteiger partial charge in [-0.2, -0.15) is 0 Å². The van der Waals surface area contributed by atoms with E-state index in [2.05, 4.69) is 0 Å². The third kappa shape index (κ3) is 2.73. The van der Waals surface area contributed by atoms with Crippen LogP contribution in [0.2, 0.25) is 5.02 Å². The normalized spacial score (nSPS) is 16.4. The van der Waals surface area contributed by atoms with E-state index in [9.17, 15) is 9.59 Å². The summed E-state index contributed by atoms with van der Waals surface area (Å²) in [7, 11) is 0. The molecule has 4 rings (SSSR count). The molecule has 0 radical (unpaired) electrons. The molecule has 1 aliphatic heterocycles. The minimum atomic E-state index is -0.878. The zero-order chi connectivity index (χ0) is 17.6. The first-order valence-corrected chi connectivity index (χ1v) is 8.79. The Kier molecular flexibility index (Phi) is 3.86. The second-order valence-electron chi connectivity index (χ2n) is 5.65. The van der Waals surface area contributed by atoms with Crippen LogP contribution in [0, 0.1) is 0 Å². The maximum atomic E-state index is 13.1. The molecule has 1 unspecified atom stereocenters. The lowest BCUT2D eigenvalue weighted by atomic mass is 10.1. The molecule has 0 spiro atoms. The topological polar surface area (TPSA) is 72.6 Å².